The van der Waals surface area contributed by atoms with Crippen molar-refractivity contribution in [2.24, 2.45) is 5.73 Å². The molecule has 0 radical (unpaired) electrons. The van der Waals surface area contributed by atoms with Crippen molar-refractivity contribution in [1.29, 1.82) is 0 Å². The van der Waals surface area contributed by atoms with Gasteiger partial charge in [0.15, 0.2) is 0 Å². The summed E-state index contributed by atoms with van der Waals surface area (Å²) in [6.07, 6.45) is 0.597. The Balaban J connectivity index is 2.07. The minimum atomic E-state index is -2.95. The molecule has 0 spiro atoms. The molecule has 2 rings (SSSR count). The van der Waals surface area contributed by atoms with Crippen molar-refractivity contribution in [3.8, 4) is 11.5 Å². The number of nitrogens with one attached hydrogen (secondary N) is 1. The second kappa shape index (κ2) is 8.55. The van der Waals surface area contributed by atoms with Crippen molar-refractivity contribution in [1.82, 2.24) is 10.3 Å². The summed E-state index contributed by atoms with van der Waals surface area (Å²) in [5.74, 6) is 0.0493. The van der Waals surface area contributed by atoms with Gasteiger partial charge in [-0.2, -0.15) is 8.78 Å². The van der Waals surface area contributed by atoms with Crippen LogP contribution in [0.25, 0.3) is 0 Å². The number of carbonyl (C=O) groups is 1. The lowest BCUT2D eigenvalue weighted by Gasteiger charge is -2.12. The molecule has 0 aliphatic heterocycles. The first-order valence-electron chi connectivity index (χ1n) is 7.08. The summed E-state index contributed by atoms with van der Waals surface area (Å²) in [5.41, 5.74) is 6.09. The number of carbonyl (C=O) groups excluding carboxylic acids is 1. The van der Waals surface area contributed by atoms with Gasteiger partial charge in [-0.3, -0.25) is 4.79 Å². The summed E-state index contributed by atoms with van der Waals surface area (Å²) < 4.78 is 34.4. The summed E-state index contributed by atoms with van der Waals surface area (Å²) in [4.78, 5) is 16.3. The van der Waals surface area contributed by atoms with Crippen LogP contribution >= 0.6 is 11.3 Å². The van der Waals surface area contributed by atoms with Gasteiger partial charge in [-0.05, 0) is 24.7 Å². The number of nitrogens with zero attached hydrogens (tertiary/aromatic N) is 1. The third-order valence-corrected chi connectivity index (χ3v) is 3.97. The normalized spacial score (nSPS) is 10.7. The van der Waals surface area contributed by atoms with Gasteiger partial charge in [-0.15, -0.1) is 11.3 Å². The van der Waals surface area contributed by atoms with Crippen LogP contribution in [-0.2, 0) is 13.0 Å². The van der Waals surface area contributed by atoms with Gasteiger partial charge in [0.1, 0.15) is 17.2 Å². The van der Waals surface area contributed by atoms with Gasteiger partial charge in [-0.25, -0.2) is 4.98 Å². The second-order valence-electron chi connectivity index (χ2n) is 4.70. The first-order chi connectivity index (χ1) is 11.5. The molecule has 1 heterocycles. The molecule has 9 heteroatoms. The van der Waals surface area contributed by atoms with E-state index in [1.165, 1.54) is 36.6 Å². The van der Waals surface area contributed by atoms with Crippen LogP contribution in [0, 0.1) is 0 Å². The van der Waals surface area contributed by atoms with Crippen LogP contribution in [0.4, 0.5) is 8.78 Å². The van der Waals surface area contributed by atoms with E-state index in [1.54, 1.807) is 5.38 Å². The molecule has 0 atom stereocenters. The van der Waals surface area contributed by atoms with Gasteiger partial charge in [0.25, 0.3) is 5.91 Å². The molecular formula is C15H17F2N3O3S. The van der Waals surface area contributed by atoms with E-state index in [1.807, 2.05) is 0 Å². The van der Waals surface area contributed by atoms with Gasteiger partial charge < -0.3 is 20.5 Å². The standard InChI is InChI=1S/C15H17F2N3O3S/c1-22-10-2-3-12(23-15(16)17)9(6-10)7-19-14(21)11-8-24-13(20-11)4-5-18/h2-3,6,8,15H,4-5,7,18H2,1H3,(H,19,21). The molecule has 0 aliphatic rings. The minimum Gasteiger partial charge on any atom is -0.497 e. The Morgan fingerprint density at radius 3 is 2.92 bits per heavy atom. The number of halogens is 2. The summed E-state index contributed by atoms with van der Waals surface area (Å²) in [5, 5.41) is 5.03. The SMILES string of the molecule is COc1ccc(OC(F)F)c(CNC(=O)c2csc(CCN)n2)c1. The van der Waals surface area contributed by atoms with E-state index in [0.29, 0.717) is 24.3 Å². The third-order valence-electron chi connectivity index (χ3n) is 3.07. The monoisotopic (exact) mass is 357 g/mol. The Labute approximate surface area is 141 Å². The Hall–Kier alpha value is -2.26. The van der Waals surface area contributed by atoms with Crippen molar-refractivity contribution >= 4 is 17.2 Å². The topological polar surface area (TPSA) is 86.5 Å². The minimum absolute atomic E-state index is 0.00182. The summed E-state index contributed by atoms with van der Waals surface area (Å²) >= 11 is 1.35. The van der Waals surface area contributed by atoms with Crippen molar-refractivity contribution < 1.29 is 23.0 Å². The molecule has 2 aromatic rings. The molecule has 1 aromatic carbocycles. The van der Waals surface area contributed by atoms with Gasteiger partial charge in [0.05, 0.1) is 12.1 Å². The number of aromatic nitrogens is 1. The van der Waals surface area contributed by atoms with E-state index < -0.39 is 12.5 Å². The predicted molar refractivity (Wildman–Crippen MR) is 85.7 cm³/mol. The van der Waals surface area contributed by atoms with Crippen LogP contribution in [0.3, 0.4) is 0 Å². The van der Waals surface area contributed by atoms with E-state index in [9.17, 15) is 13.6 Å². The molecular weight excluding hydrogens is 340 g/mol. The number of alkyl halides is 2. The zero-order valence-corrected chi connectivity index (χ0v) is 13.7. The maximum absolute atomic E-state index is 12.5. The van der Waals surface area contributed by atoms with Crippen LogP contribution in [0.2, 0.25) is 0 Å². The highest BCUT2D eigenvalue weighted by atomic mass is 32.1. The number of nitrogens with two attached hydrogens (primary N) is 1. The molecule has 0 bridgehead atoms. The number of hydrogen-bond donors (Lipinski definition) is 2. The molecule has 0 saturated carbocycles. The van der Waals surface area contributed by atoms with Crippen LogP contribution in [0.15, 0.2) is 23.6 Å². The van der Waals surface area contributed by atoms with Crippen LogP contribution in [0.5, 0.6) is 11.5 Å². The average molecular weight is 357 g/mol. The number of hydrogen-bond acceptors (Lipinski definition) is 6. The van der Waals surface area contributed by atoms with E-state index in [-0.39, 0.29) is 18.0 Å². The Bertz CT molecular complexity index is 694. The zero-order chi connectivity index (χ0) is 17.5. The molecule has 1 amide bonds. The van der Waals surface area contributed by atoms with Crippen LogP contribution < -0.4 is 20.5 Å². The number of rotatable bonds is 8. The van der Waals surface area contributed by atoms with Crippen LogP contribution in [-0.4, -0.2) is 31.2 Å². The predicted octanol–water partition coefficient (Wildman–Crippen LogP) is 2.18. The van der Waals surface area contributed by atoms with Crippen molar-refractivity contribution in [3.05, 3.63) is 39.8 Å². The molecule has 6 nitrogen and oxygen atoms in total. The number of ether oxygens (including phenoxy) is 2. The van der Waals surface area contributed by atoms with Crippen molar-refractivity contribution in [3.63, 3.8) is 0 Å². The highest BCUT2D eigenvalue weighted by Gasteiger charge is 2.14. The summed E-state index contributed by atoms with van der Waals surface area (Å²) in [6.45, 7) is -2.50. The molecule has 130 valence electrons. The lowest BCUT2D eigenvalue weighted by atomic mass is 10.2. The maximum Gasteiger partial charge on any atom is 0.387 e. The number of methoxy groups -OCH3 is 1. The highest BCUT2D eigenvalue weighted by Crippen LogP contribution is 2.25. The van der Waals surface area contributed by atoms with Crippen LogP contribution in [0.1, 0.15) is 21.1 Å². The Morgan fingerprint density at radius 2 is 2.25 bits per heavy atom. The molecule has 0 unspecified atom stereocenters. The van der Waals surface area contributed by atoms with Gasteiger partial charge in [-0.1, -0.05) is 0 Å². The van der Waals surface area contributed by atoms with Crippen molar-refractivity contribution in [2.45, 2.75) is 19.6 Å². The van der Waals surface area contributed by atoms with Gasteiger partial charge in [0, 0.05) is 23.9 Å². The van der Waals surface area contributed by atoms with Gasteiger partial charge >= 0.3 is 6.61 Å². The number of thiazole rings is 1. The molecule has 0 saturated heterocycles. The lowest BCUT2D eigenvalue weighted by Crippen LogP contribution is -2.23. The quantitative estimate of drug-likeness (QED) is 0.756. The van der Waals surface area contributed by atoms with Gasteiger partial charge in [0.2, 0.25) is 0 Å². The van der Waals surface area contributed by atoms with Crippen molar-refractivity contribution in [2.75, 3.05) is 13.7 Å². The summed E-state index contributed by atoms with van der Waals surface area (Å²) in [7, 11) is 1.46. The Kier molecular flexibility index (Phi) is 6.44. The fraction of sp³-hybridized carbons (Fsp3) is 0.333. The molecule has 3 N–H and O–H groups in total. The number of benzene rings is 1. The third kappa shape index (κ3) is 4.87. The zero-order valence-electron chi connectivity index (χ0n) is 12.9. The largest absolute Gasteiger partial charge is 0.497 e. The van der Waals surface area contributed by atoms with E-state index in [0.717, 1.165) is 5.01 Å². The average Bonchev–Trinajstić information content (AvgIpc) is 3.02. The van der Waals surface area contributed by atoms with E-state index >= 15 is 0 Å². The van der Waals surface area contributed by atoms with E-state index in [4.69, 9.17) is 10.5 Å². The molecule has 0 aliphatic carbocycles. The lowest BCUT2D eigenvalue weighted by molar-refractivity contribution is -0.0505. The summed E-state index contributed by atoms with van der Waals surface area (Å²) in [6, 6.07) is 4.40. The number of amides is 1. The molecule has 0 fully saturated rings. The smallest absolute Gasteiger partial charge is 0.387 e. The fourth-order valence-corrected chi connectivity index (χ4v) is 2.75. The maximum atomic E-state index is 12.5. The molecule has 24 heavy (non-hydrogen) atoms. The first kappa shape index (κ1) is 18.1. The highest BCUT2D eigenvalue weighted by molar-refractivity contribution is 7.09. The molecule has 1 aromatic heterocycles. The second-order valence-corrected chi connectivity index (χ2v) is 5.64. The van der Waals surface area contributed by atoms with E-state index in [2.05, 4.69) is 15.0 Å². The fourth-order valence-electron chi connectivity index (χ4n) is 1.95. The Morgan fingerprint density at radius 1 is 1.46 bits per heavy atom. The first-order valence-corrected chi connectivity index (χ1v) is 7.96.